The second-order valence-electron chi connectivity index (χ2n) is 7.59. The molecule has 0 aliphatic heterocycles. The zero-order valence-electron chi connectivity index (χ0n) is 16.1. The maximum absolute atomic E-state index is 5.47. The highest BCUT2D eigenvalue weighted by Crippen LogP contribution is 2.38. The van der Waals surface area contributed by atoms with Crippen LogP contribution in [0.3, 0.4) is 0 Å². The molecule has 0 spiro atoms. The normalized spacial score (nSPS) is 12.2. The first-order chi connectivity index (χ1) is 12.4. The number of rotatable bonds is 3. The first-order valence-corrected chi connectivity index (χ1v) is 8.89. The molecule has 0 N–H and O–H groups in total. The van der Waals surface area contributed by atoms with Gasteiger partial charge in [-0.05, 0) is 49.1 Å². The van der Waals surface area contributed by atoms with Crippen LogP contribution in [-0.2, 0) is 5.41 Å². The topological polar surface area (TPSA) is 26.5 Å². The van der Waals surface area contributed by atoms with Crippen LogP contribution in [0.4, 0.5) is 0 Å². The first kappa shape index (κ1) is 16.6. The number of benzene rings is 2. The van der Waals surface area contributed by atoms with Gasteiger partial charge in [0.25, 0.3) is 0 Å². The van der Waals surface area contributed by atoms with Gasteiger partial charge < -0.3 is 4.74 Å². The van der Waals surface area contributed by atoms with Crippen LogP contribution < -0.4 is 4.74 Å². The highest BCUT2D eigenvalue weighted by Gasteiger charge is 2.27. The van der Waals surface area contributed by atoms with Crippen LogP contribution in [0.15, 0.2) is 54.7 Å². The first-order valence-electron chi connectivity index (χ1n) is 8.89. The average Bonchev–Trinajstić information content (AvgIpc) is 3.07. The predicted octanol–water partition coefficient (Wildman–Crippen LogP) is 5.81. The summed E-state index contributed by atoms with van der Waals surface area (Å²) in [6.45, 7) is 12.9. The van der Waals surface area contributed by atoms with Gasteiger partial charge in [0.2, 0.25) is 0 Å². The minimum atomic E-state index is -0.178. The number of aromatic nitrogens is 2. The predicted molar refractivity (Wildman–Crippen MR) is 109 cm³/mol. The van der Waals surface area contributed by atoms with Crippen molar-refractivity contribution in [2.24, 2.45) is 0 Å². The molecule has 0 atom stereocenters. The standard InChI is InChI=1S/C23H24N2O/c1-14(2)23(4,5)20-13-24-22-18-12-16(26-6)10-11-17(18)21-15(3)8-7-9-19(21)25(20)22/h7-13H,1H2,2-6H3. The van der Waals surface area contributed by atoms with Gasteiger partial charge in [-0.25, -0.2) is 4.98 Å². The summed E-state index contributed by atoms with van der Waals surface area (Å²) in [5.74, 6) is 0.844. The van der Waals surface area contributed by atoms with Gasteiger partial charge in [-0.3, -0.25) is 4.40 Å². The van der Waals surface area contributed by atoms with E-state index >= 15 is 0 Å². The minimum absolute atomic E-state index is 0.178. The van der Waals surface area contributed by atoms with Gasteiger partial charge in [0, 0.05) is 16.2 Å². The zero-order chi connectivity index (χ0) is 18.6. The summed E-state index contributed by atoms with van der Waals surface area (Å²) in [5, 5.41) is 3.57. The maximum atomic E-state index is 5.47. The highest BCUT2D eigenvalue weighted by atomic mass is 16.5. The molecule has 0 bridgehead atoms. The molecule has 132 valence electrons. The Morgan fingerprint density at radius 1 is 1.15 bits per heavy atom. The smallest absolute Gasteiger partial charge is 0.145 e. The van der Waals surface area contributed by atoms with Crippen LogP contribution >= 0.6 is 0 Å². The van der Waals surface area contributed by atoms with Crippen LogP contribution in [-0.4, -0.2) is 16.5 Å². The molecule has 4 aromatic rings. The molecule has 0 aliphatic carbocycles. The van der Waals surface area contributed by atoms with E-state index in [2.05, 4.69) is 69.0 Å². The number of fused-ring (bicyclic) bond motifs is 6. The number of allylic oxidation sites excluding steroid dienone is 1. The molecule has 0 unspecified atom stereocenters. The van der Waals surface area contributed by atoms with Crippen LogP contribution in [0.1, 0.15) is 32.0 Å². The number of hydrogen-bond donors (Lipinski definition) is 0. The van der Waals surface area contributed by atoms with Crippen molar-refractivity contribution in [3.8, 4) is 5.75 Å². The molecule has 26 heavy (non-hydrogen) atoms. The van der Waals surface area contributed by atoms with Gasteiger partial charge in [-0.15, -0.1) is 0 Å². The second kappa shape index (κ2) is 5.60. The lowest BCUT2D eigenvalue weighted by atomic mass is 9.83. The Balaban J connectivity index is 2.30. The summed E-state index contributed by atoms with van der Waals surface area (Å²) in [5.41, 5.74) is 5.49. The summed E-state index contributed by atoms with van der Waals surface area (Å²) in [6, 6.07) is 12.7. The lowest BCUT2D eigenvalue weighted by molar-refractivity contribution is 0.415. The molecule has 0 aliphatic rings. The van der Waals surface area contributed by atoms with Crippen molar-refractivity contribution in [1.82, 2.24) is 9.38 Å². The number of methoxy groups -OCH3 is 1. The minimum Gasteiger partial charge on any atom is -0.497 e. The number of ether oxygens (including phenoxy) is 1. The summed E-state index contributed by atoms with van der Waals surface area (Å²) in [7, 11) is 1.70. The highest BCUT2D eigenvalue weighted by molar-refractivity contribution is 6.13. The summed E-state index contributed by atoms with van der Waals surface area (Å²) in [6.07, 6.45) is 1.99. The number of hydrogen-bond acceptors (Lipinski definition) is 2. The van der Waals surface area contributed by atoms with Crippen molar-refractivity contribution in [3.05, 3.63) is 66.0 Å². The number of nitrogens with zero attached hydrogens (tertiary/aromatic N) is 2. The lowest BCUT2D eigenvalue weighted by Crippen LogP contribution is -2.20. The van der Waals surface area contributed by atoms with E-state index in [1.54, 1.807) is 7.11 Å². The van der Waals surface area contributed by atoms with Crippen molar-refractivity contribution >= 4 is 27.3 Å². The largest absolute Gasteiger partial charge is 0.497 e. The van der Waals surface area contributed by atoms with Gasteiger partial charge in [-0.2, -0.15) is 0 Å². The summed E-state index contributed by atoms with van der Waals surface area (Å²) >= 11 is 0. The molecule has 3 nitrogen and oxygen atoms in total. The van der Waals surface area contributed by atoms with Crippen molar-refractivity contribution in [2.45, 2.75) is 33.1 Å². The third-order valence-electron chi connectivity index (χ3n) is 5.70. The Morgan fingerprint density at radius 2 is 1.92 bits per heavy atom. The fourth-order valence-electron chi connectivity index (χ4n) is 3.69. The lowest BCUT2D eigenvalue weighted by Gasteiger charge is -2.26. The molecule has 0 radical (unpaired) electrons. The molecular weight excluding hydrogens is 320 g/mol. The number of imidazole rings is 1. The Morgan fingerprint density at radius 3 is 2.62 bits per heavy atom. The molecule has 0 saturated carbocycles. The van der Waals surface area contributed by atoms with Crippen LogP contribution in [0.25, 0.3) is 27.3 Å². The van der Waals surface area contributed by atoms with E-state index in [9.17, 15) is 0 Å². The van der Waals surface area contributed by atoms with Crippen LogP contribution in [0.2, 0.25) is 0 Å². The van der Waals surface area contributed by atoms with E-state index in [4.69, 9.17) is 9.72 Å². The maximum Gasteiger partial charge on any atom is 0.145 e. The molecular formula is C23H24N2O. The van der Waals surface area contributed by atoms with Gasteiger partial charge in [0.15, 0.2) is 0 Å². The Bertz CT molecular complexity index is 1180. The molecule has 0 amide bonds. The van der Waals surface area contributed by atoms with E-state index in [0.717, 1.165) is 28.0 Å². The van der Waals surface area contributed by atoms with Gasteiger partial charge in [0.1, 0.15) is 11.4 Å². The molecule has 0 saturated heterocycles. The molecule has 2 aromatic carbocycles. The Labute approximate surface area is 153 Å². The Hall–Kier alpha value is -2.81. The van der Waals surface area contributed by atoms with Crippen molar-refractivity contribution < 1.29 is 4.74 Å². The number of pyridine rings is 1. The van der Waals surface area contributed by atoms with Crippen LogP contribution in [0.5, 0.6) is 5.75 Å². The van der Waals surface area contributed by atoms with Crippen molar-refractivity contribution in [3.63, 3.8) is 0 Å². The fourth-order valence-corrected chi connectivity index (χ4v) is 3.69. The van der Waals surface area contributed by atoms with E-state index < -0.39 is 0 Å². The Kier molecular flexibility index (Phi) is 3.58. The third kappa shape index (κ3) is 2.16. The number of aryl methyl sites for hydroxylation is 1. The molecule has 3 heteroatoms. The molecule has 4 rings (SSSR count). The van der Waals surface area contributed by atoms with Gasteiger partial charge in [-0.1, -0.05) is 38.1 Å². The van der Waals surface area contributed by atoms with E-state index in [0.29, 0.717) is 0 Å². The van der Waals surface area contributed by atoms with E-state index in [1.165, 1.54) is 21.9 Å². The third-order valence-corrected chi connectivity index (χ3v) is 5.70. The van der Waals surface area contributed by atoms with E-state index in [-0.39, 0.29) is 5.41 Å². The molecule has 2 aromatic heterocycles. The summed E-state index contributed by atoms with van der Waals surface area (Å²) < 4.78 is 7.77. The van der Waals surface area contributed by atoms with Crippen LogP contribution in [0, 0.1) is 6.92 Å². The molecule has 2 heterocycles. The monoisotopic (exact) mass is 344 g/mol. The SMILES string of the molecule is C=C(C)C(C)(C)c1cnc2c3cc(OC)ccc3c3c(C)cccc3n12. The average molecular weight is 344 g/mol. The molecule has 0 fully saturated rings. The quantitative estimate of drug-likeness (QED) is 0.346. The fraction of sp³-hybridized carbons (Fsp3) is 0.261. The van der Waals surface area contributed by atoms with E-state index in [1.807, 2.05) is 12.3 Å². The van der Waals surface area contributed by atoms with Crippen molar-refractivity contribution in [1.29, 1.82) is 0 Å². The van der Waals surface area contributed by atoms with Crippen molar-refractivity contribution in [2.75, 3.05) is 7.11 Å². The second-order valence-corrected chi connectivity index (χ2v) is 7.59. The zero-order valence-corrected chi connectivity index (χ0v) is 16.1. The summed E-state index contributed by atoms with van der Waals surface area (Å²) in [4.78, 5) is 4.82. The van der Waals surface area contributed by atoms with Gasteiger partial charge in [0.05, 0.1) is 24.5 Å². The van der Waals surface area contributed by atoms with Gasteiger partial charge >= 0.3 is 0 Å².